The Hall–Kier alpha value is -2.75. The van der Waals surface area contributed by atoms with Gasteiger partial charge in [0.1, 0.15) is 12.1 Å². The summed E-state index contributed by atoms with van der Waals surface area (Å²) < 4.78 is 9.93. The van der Waals surface area contributed by atoms with E-state index in [1.165, 1.54) is 7.11 Å². The van der Waals surface area contributed by atoms with Gasteiger partial charge in [-0.05, 0) is 0 Å². The molecule has 0 unspecified atom stereocenters. The number of nitrogens with zero attached hydrogens (tertiary/aromatic N) is 2. The molecule has 1 aromatic heterocycles. The Morgan fingerprint density at radius 2 is 2.09 bits per heavy atom. The van der Waals surface area contributed by atoms with Crippen molar-refractivity contribution in [3.8, 4) is 0 Å². The van der Waals surface area contributed by atoms with Gasteiger partial charge < -0.3 is 14.8 Å². The zero-order valence-corrected chi connectivity index (χ0v) is 12.0. The van der Waals surface area contributed by atoms with Gasteiger partial charge in [-0.15, -0.1) is 0 Å². The first kappa shape index (κ1) is 17.3. The number of nitro groups is 1. The number of nitrogens with one attached hydrogen (secondary N) is 1. The maximum absolute atomic E-state index is 12.0. The Kier molecular flexibility index (Phi) is 6.20. The van der Waals surface area contributed by atoms with Gasteiger partial charge in [-0.25, -0.2) is 4.79 Å². The third-order valence-corrected chi connectivity index (χ3v) is 2.63. The highest BCUT2D eigenvalue weighted by Crippen LogP contribution is 2.11. The predicted octanol–water partition coefficient (Wildman–Crippen LogP) is -0.694. The Morgan fingerprint density at radius 1 is 1.41 bits per heavy atom. The summed E-state index contributed by atoms with van der Waals surface area (Å²) in [6.07, 6.45) is 0.894. The van der Waals surface area contributed by atoms with E-state index in [0.29, 0.717) is 0 Å². The van der Waals surface area contributed by atoms with E-state index in [0.717, 1.165) is 23.9 Å². The molecule has 0 spiro atoms. The van der Waals surface area contributed by atoms with E-state index in [-0.39, 0.29) is 13.2 Å². The fourth-order valence-electron chi connectivity index (χ4n) is 1.60. The molecule has 22 heavy (non-hydrogen) atoms. The molecule has 0 aromatic carbocycles. The maximum Gasteiger partial charge on any atom is 0.343 e. The van der Waals surface area contributed by atoms with Crippen LogP contribution in [0.5, 0.6) is 0 Å². The smallest absolute Gasteiger partial charge is 0.343 e. The quantitative estimate of drug-likeness (QED) is 0.305. The van der Waals surface area contributed by atoms with Gasteiger partial charge in [-0.2, -0.15) is 0 Å². The Labute approximate surface area is 124 Å². The van der Waals surface area contributed by atoms with Crippen molar-refractivity contribution in [1.29, 1.82) is 0 Å². The molecular weight excluding hydrogens is 298 g/mol. The molecule has 0 aliphatic carbocycles. The molecule has 1 heterocycles. The van der Waals surface area contributed by atoms with Crippen LogP contribution in [0.2, 0.25) is 0 Å². The third-order valence-electron chi connectivity index (χ3n) is 2.63. The maximum atomic E-state index is 12.0. The minimum Gasteiger partial charge on any atom is -0.465 e. The number of aromatic nitrogens is 1. The summed E-state index contributed by atoms with van der Waals surface area (Å²) >= 11 is 0. The van der Waals surface area contributed by atoms with Crippen molar-refractivity contribution in [3.05, 3.63) is 38.3 Å². The van der Waals surface area contributed by atoms with Gasteiger partial charge in [-0.1, -0.05) is 0 Å². The number of ether oxygens (including phenoxy) is 2. The summed E-state index contributed by atoms with van der Waals surface area (Å²) in [6.45, 7) is 0.0417. The van der Waals surface area contributed by atoms with Gasteiger partial charge >= 0.3 is 5.97 Å². The van der Waals surface area contributed by atoms with Crippen LogP contribution in [0.3, 0.4) is 0 Å². The van der Waals surface area contributed by atoms with Crippen LogP contribution in [0.4, 0.5) is 5.69 Å². The highest BCUT2D eigenvalue weighted by Gasteiger charge is 2.20. The van der Waals surface area contributed by atoms with Crippen molar-refractivity contribution in [2.75, 3.05) is 27.4 Å². The summed E-state index contributed by atoms with van der Waals surface area (Å²) in [4.78, 5) is 45.3. The molecule has 0 fully saturated rings. The van der Waals surface area contributed by atoms with E-state index in [1.807, 2.05) is 0 Å². The number of pyridine rings is 1. The molecule has 1 amide bonds. The Morgan fingerprint density at radius 3 is 2.64 bits per heavy atom. The fourth-order valence-corrected chi connectivity index (χ4v) is 1.60. The van der Waals surface area contributed by atoms with E-state index < -0.39 is 40.2 Å². The molecule has 0 aliphatic rings. The molecule has 120 valence electrons. The zero-order valence-electron chi connectivity index (χ0n) is 12.0. The topological polar surface area (TPSA) is 130 Å². The zero-order chi connectivity index (χ0) is 16.7. The number of carbonyl (C=O) groups is 2. The number of rotatable bonds is 7. The van der Waals surface area contributed by atoms with Crippen LogP contribution in [0, 0.1) is 10.1 Å². The first-order chi connectivity index (χ1) is 10.4. The molecule has 1 rings (SSSR count). The van der Waals surface area contributed by atoms with Crippen LogP contribution >= 0.6 is 0 Å². The molecule has 0 saturated carbocycles. The predicted molar refractivity (Wildman–Crippen MR) is 73.6 cm³/mol. The summed E-state index contributed by atoms with van der Waals surface area (Å²) in [5.41, 5.74) is -1.86. The fraction of sp³-hybridized carbons (Fsp3) is 0.417. The summed E-state index contributed by atoms with van der Waals surface area (Å²) in [6, 6.07) is 0.813. The lowest BCUT2D eigenvalue weighted by Gasteiger charge is -2.08. The second-order valence-corrected chi connectivity index (χ2v) is 4.14. The molecule has 1 N–H and O–H groups in total. The number of amides is 1. The first-order valence-corrected chi connectivity index (χ1v) is 6.13. The van der Waals surface area contributed by atoms with Crippen molar-refractivity contribution in [2.24, 2.45) is 0 Å². The van der Waals surface area contributed by atoms with Gasteiger partial charge in [0.05, 0.1) is 24.8 Å². The number of hydrogen-bond donors (Lipinski definition) is 1. The molecule has 10 heteroatoms. The van der Waals surface area contributed by atoms with E-state index in [4.69, 9.17) is 4.74 Å². The van der Waals surface area contributed by atoms with Gasteiger partial charge in [0.15, 0.2) is 0 Å². The van der Waals surface area contributed by atoms with Crippen LogP contribution in [-0.4, -0.2) is 48.7 Å². The molecule has 0 radical (unpaired) electrons. The highest BCUT2D eigenvalue weighted by atomic mass is 16.6. The van der Waals surface area contributed by atoms with E-state index >= 15 is 0 Å². The van der Waals surface area contributed by atoms with Gasteiger partial charge in [0, 0.05) is 19.7 Å². The third kappa shape index (κ3) is 4.38. The largest absolute Gasteiger partial charge is 0.465 e. The van der Waals surface area contributed by atoms with Crippen LogP contribution < -0.4 is 10.9 Å². The molecule has 10 nitrogen and oxygen atoms in total. The lowest BCUT2D eigenvalue weighted by molar-refractivity contribution is -0.385. The minimum atomic E-state index is -1.01. The number of esters is 1. The van der Waals surface area contributed by atoms with Gasteiger partial charge in [-0.3, -0.25) is 24.3 Å². The van der Waals surface area contributed by atoms with E-state index in [9.17, 15) is 24.5 Å². The van der Waals surface area contributed by atoms with Crippen LogP contribution in [0.1, 0.15) is 10.4 Å². The molecule has 0 bridgehead atoms. The number of methoxy groups -OCH3 is 2. The van der Waals surface area contributed by atoms with Crippen LogP contribution in [-0.2, 0) is 20.8 Å². The molecule has 0 aliphatic heterocycles. The van der Waals surface area contributed by atoms with Crippen molar-refractivity contribution in [3.63, 3.8) is 0 Å². The van der Waals surface area contributed by atoms with Crippen molar-refractivity contribution in [1.82, 2.24) is 9.88 Å². The van der Waals surface area contributed by atoms with E-state index in [2.05, 4.69) is 10.1 Å². The second-order valence-electron chi connectivity index (χ2n) is 4.14. The molecule has 1 aromatic rings. The lowest BCUT2D eigenvalue weighted by atomic mass is 10.2. The average Bonchev–Trinajstić information content (AvgIpc) is 2.48. The van der Waals surface area contributed by atoms with Crippen molar-refractivity contribution >= 4 is 17.6 Å². The summed E-state index contributed by atoms with van der Waals surface area (Å²) in [7, 11) is 2.50. The van der Waals surface area contributed by atoms with Gasteiger partial charge in [0.2, 0.25) is 5.91 Å². The average molecular weight is 313 g/mol. The summed E-state index contributed by atoms with van der Waals surface area (Å²) in [5.74, 6) is -1.56. The van der Waals surface area contributed by atoms with Crippen LogP contribution in [0.15, 0.2) is 17.1 Å². The normalized spacial score (nSPS) is 10.1. The Bertz CT molecular complexity index is 638. The van der Waals surface area contributed by atoms with Crippen LogP contribution in [0.25, 0.3) is 0 Å². The summed E-state index contributed by atoms with van der Waals surface area (Å²) in [5, 5.41) is 13.3. The number of hydrogen-bond acceptors (Lipinski definition) is 7. The van der Waals surface area contributed by atoms with Gasteiger partial charge in [0.25, 0.3) is 11.2 Å². The standard InChI is InChI=1S/C12H15N3O7/c1-21-4-3-13-10(16)7-14-6-8(15(19)20)5-9(11(14)17)12(18)22-2/h5-6H,3-4,7H2,1-2H3,(H,13,16). The monoisotopic (exact) mass is 313 g/mol. The lowest BCUT2D eigenvalue weighted by Crippen LogP contribution is -2.35. The minimum absolute atomic E-state index is 0.225. The molecule has 0 atom stereocenters. The first-order valence-electron chi connectivity index (χ1n) is 6.13. The van der Waals surface area contributed by atoms with E-state index in [1.54, 1.807) is 0 Å². The SMILES string of the molecule is COCCNC(=O)Cn1cc([N+](=O)[O-])cc(C(=O)OC)c1=O. The molecule has 0 saturated heterocycles. The van der Waals surface area contributed by atoms with Crippen molar-refractivity contribution in [2.45, 2.75) is 6.54 Å². The Balaban J connectivity index is 3.10. The van der Waals surface area contributed by atoms with Crippen molar-refractivity contribution < 1.29 is 24.0 Å². The second kappa shape index (κ2) is 7.88. The molecular formula is C12H15N3O7. The highest BCUT2D eigenvalue weighted by molar-refractivity contribution is 5.89. The number of carbonyl (C=O) groups excluding carboxylic acids is 2.